The van der Waals surface area contributed by atoms with E-state index in [0.29, 0.717) is 22.4 Å². The first-order chi connectivity index (χ1) is 13.7. The van der Waals surface area contributed by atoms with Gasteiger partial charge in [0.15, 0.2) is 5.11 Å². The van der Waals surface area contributed by atoms with E-state index in [1.54, 1.807) is 6.07 Å². The van der Waals surface area contributed by atoms with Gasteiger partial charge in [0.05, 0.1) is 18.4 Å². The molecule has 0 amide bonds. The summed E-state index contributed by atoms with van der Waals surface area (Å²) in [6, 6.07) is 16.7. The second-order valence-electron chi connectivity index (χ2n) is 7.32. The zero-order chi connectivity index (χ0) is 19.5. The van der Waals surface area contributed by atoms with Crippen LogP contribution in [0.15, 0.2) is 48.5 Å². The van der Waals surface area contributed by atoms with Crippen molar-refractivity contribution in [2.75, 3.05) is 38.6 Å². The minimum Gasteiger partial charge on any atom is -0.465 e. The third-order valence-electron chi connectivity index (χ3n) is 5.72. The summed E-state index contributed by atoms with van der Waals surface area (Å²) in [7, 11) is 1.39. The van der Waals surface area contributed by atoms with Crippen molar-refractivity contribution in [1.82, 2.24) is 9.80 Å². The number of ether oxygens (including phenoxy) is 1. The number of piperazine rings is 1. The molecule has 1 N–H and O–H groups in total. The summed E-state index contributed by atoms with van der Waals surface area (Å²) in [5.41, 5.74) is 4.17. The summed E-state index contributed by atoms with van der Waals surface area (Å²) in [4.78, 5) is 16.7. The molecule has 0 atom stereocenters. The van der Waals surface area contributed by atoms with E-state index in [-0.39, 0.29) is 5.97 Å². The zero-order valence-corrected chi connectivity index (χ0v) is 16.9. The van der Waals surface area contributed by atoms with Crippen LogP contribution in [0.3, 0.4) is 0 Å². The lowest BCUT2D eigenvalue weighted by Crippen LogP contribution is -2.53. The fourth-order valence-electron chi connectivity index (χ4n) is 4.16. The van der Waals surface area contributed by atoms with Gasteiger partial charge >= 0.3 is 5.97 Å². The molecule has 2 aromatic carbocycles. The Morgan fingerprint density at radius 1 is 1.00 bits per heavy atom. The largest absolute Gasteiger partial charge is 0.465 e. The summed E-state index contributed by atoms with van der Waals surface area (Å²) in [5.74, 6) is -0.364. The number of benzene rings is 2. The number of carbonyl (C=O) groups excluding carboxylic acids is 1. The van der Waals surface area contributed by atoms with Crippen molar-refractivity contribution >= 4 is 29.0 Å². The molecule has 4 rings (SSSR count). The number of carbonyl (C=O) groups is 1. The zero-order valence-electron chi connectivity index (χ0n) is 16.1. The highest BCUT2D eigenvalue weighted by Gasteiger charge is 2.29. The Labute approximate surface area is 171 Å². The van der Waals surface area contributed by atoms with E-state index in [2.05, 4.69) is 39.4 Å². The van der Waals surface area contributed by atoms with Gasteiger partial charge < -0.3 is 15.0 Å². The highest BCUT2D eigenvalue weighted by molar-refractivity contribution is 7.80. The van der Waals surface area contributed by atoms with E-state index in [1.807, 2.05) is 18.2 Å². The predicted molar refractivity (Wildman–Crippen MR) is 115 cm³/mol. The average molecular weight is 396 g/mol. The topological polar surface area (TPSA) is 44.8 Å². The number of nitrogens with zero attached hydrogens (tertiary/aromatic N) is 2. The molecule has 28 heavy (non-hydrogen) atoms. The number of nitrogens with one attached hydrogen (secondary N) is 1. The Kier molecular flexibility index (Phi) is 5.59. The van der Waals surface area contributed by atoms with Crippen LogP contribution in [0.4, 0.5) is 5.69 Å². The number of esters is 1. The fraction of sp³-hybridized carbons (Fsp3) is 0.364. The standard InChI is InChI=1S/C22H25N3O2S/c1-27-21(26)19-8-4-5-9-20(19)23-22(28)25-12-10-24(11-13-25)18-14-16-6-2-3-7-17(16)15-18/h2-9,18H,10-15H2,1H3,(H,23,28). The van der Waals surface area contributed by atoms with Gasteiger partial charge in [-0.25, -0.2) is 4.79 Å². The smallest absolute Gasteiger partial charge is 0.339 e. The Morgan fingerprint density at radius 2 is 1.61 bits per heavy atom. The number of fused-ring (bicyclic) bond motifs is 1. The molecule has 0 saturated carbocycles. The molecule has 2 aliphatic rings. The van der Waals surface area contributed by atoms with Gasteiger partial charge in [-0.05, 0) is 48.3 Å². The van der Waals surface area contributed by atoms with Crippen molar-refractivity contribution in [1.29, 1.82) is 0 Å². The van der Waals surface area contributed by atoms with Crippen LogP contribution in [-0.4, -0.2) is 60.2 Å². The number of para-hydroxylation sites is 1. The number of methoxy groups -OCH3 is 1. The monoisotopic (exact) mass is 395 g/mol. The van der Waals surface area contributed by atoms with Crippen molar-refractivity contribution < 1.29 is 9.53 Å². The third-order valence-corrected chi connectivity index (χ3v) is 6.08. The molecule has 1 saturated heterocycles. The van der Waals surface area contributed by atoms with Gasteiger partial charge in [0.25, 0.3) is 0 Å². The molecule has 1 aliphatic carbocycles. The van der Waals surface area contributed by atoms with Crippen LogP contribution in [0.25, 0.3) is 0 Å². The van der Waals surface area contributed by atoms with Crippen LogP contribution in [0.5, 0.6) is 0 Å². The molecular formula is C22H25N3O2S. The number of hydrogen-bond acceptors (Lipinski definition) is 4. The first-order valence-electron chi connectivity index (χ1n) is 9.70. The van der Waals surface area contributed by atoms with E-state index in [0.717, 1.165) is 39.0 Å². The Balaban J connectivity index is 1.33. The summed E-state index contributed by atoms with van der Waals surface area (Å²) < 4.78 is 4.86. The maximum atomic E-state index is 11.9. The van der Waals surface area contributed by atoms with Crippen LogP contribution in [0.2, 0.25) is 0 Å². The minimum atomic E-state index is -0.364. The molecule has 0 bridgehead atoms. The van der Waals surface area contributed by atoms with Gasteiger partial charge in [-0.3, -0.25) is 4.90 Å². The summed E-state index contributed by atoms with van der Waals surface area (Å²) >= 11 is 5.61. The van der Waals surface area contributed by atoms with E-state index in [1.165, 1.54) is 18.2 Å². The lowest BCUT2D eigenvalue weighted by molar-refractivity contribution is 0.0602. The molecule has 146 valence electrons. The predicted octanol–water partition coefficient (Wildman–Crippen LogP) is 2.96. The summed E-state index contributed by atoms with van der Waals surface area (Å²) in [6.45, 7) is 3.77. The van der Waals surface area contributed by atoms with Crippen LogP contribution < -0.4 is 5.32 Å². The second kappa shape index (κ2) is 8.29. The second-order valence-corrected chi connectivity index (χ2v) is 7.71. The quantitative estimate of drug-likeness (QED) is 0.637. The first kappa shape index (κ1) is 18.9. The lowest BCUT2D eigenvalue weighted by Gasteiger charge is -2.39. The van der Waals surface area contributed by atoms with Gasteiger partial charge in [-0.1, -0.05) is 36.4 Å². The Hall–Kier alpha value is -2.44. The van der Waals surface area contributed by atoms with Crippen molar-refractivity contribution in [3.63, 3.8) is 0 Å². The Bertz CT molecular complexity index is 853. The van der Waals surface area contributed by atoms with Gasteiger partial charge in [0.2, 0.25) is 0 Å². The maximum Gasteiger partial charge on any atom is 0.339 e. The molecule has 1 heterocycles. The van der Waals surface area contributed by atoms with Crippen LogP contribution >= 0.6 is 12.2 Å². The van der Waals surface area contributed by atoms with E-state index < -0.39 is 0 Å². The molecule has 5 nitrogen and oxygen atoms in total. The van der Waals surface area contributed by atoms with Crippen molar-refractivity contribution in [3.8, 4) is 0 Å². The molecule has 0 radical (unpaired) electrons. The number of thiocarbonyl (C=S) groups is 1. The van der Waals surface area contributed by atoms with Gasteiger partial charge in [-0.15, -0.1) is 0 Å². The SMILES string of the molecule is COC(=O)c1ccccc1NC(=S)N1CCN(C2Cc3ccccc3C2)CC1. The maximum absolute atomic E-state index is 11.9. The minimum absolute atomic E-state index is 0.364. The summed E-state index contributed by atoms with van der Waals surface area (Å²) in [6.07, 6.45) is 2.29. The van der Waals surface area contributed by atoms with Crippen LogP contribution in [-0.2, 0) is 17.6 Å². The van der Waals surface area contributed by atoms with Gasteiger partial charge in [0, 0.05) is 32.2 Å². The fourth-order valence-corrected chi connectivity index (χ4v) is 4.45. The molecule has 0 aromatic heterocycles. The molecular weight excluding hydrogens is 370 g/mol. The van der Waals surface area contributed by atoms with Crippen molar-refractivity contribution in [2.45, 2.75) is 18.9 Å². The molecule has 0 unspecified atom stereocenters. The van der Waals surface area contributed by atoms with Gasteiger partial charge in [-0.2, -0.15) is 0 Å². The number of hydrogen-bond donors (Lipinski definition) is 1. The van der Waals surface area contributed by atoms with E-state index in [9.17, 15) is 4.79 Å². The Morgan fingerprint density at radius 3 is 2.25 bits per heavy atom. The van der Waals surface area contributed by atoms with Crippen molar-refractivity contribution in [3.05, 3.63) is 65.2 Å². The van der Waals surface area contributed by atoms with Crippen LogP contribution in [0, 0.1) is 0 Å². The van der Waals surface area contributed by atoms with Crippen molar-refractivity contribution in [2.24, 2.45) is 0 Å². The van der Waals surface area contributed by atoms with E-state index in [4.69, 9.17) is 17.0 Å². The van der Waals surface area contributed by atoms with Crippen LogP contribution in [0.1, 0.15) is 21.5 Å². The number of anilines is 1. The third kappa shape index (κ3) is 3.88. The molecule has 1 aliphatic heterocycles. The molecule has 2 aromatic rings. The van der Waals surface area contributed by atoms with Gasteiger partial charge in [0.1, 0.15) is 0 Å². The lowest BCUT2D eigenvalue weighted by atomic mass is 10.1. The highest BCUT2D eigenvalue weighted by Crippen LogP contribution is 2.26. The first-order valence-corrected chi connectivity index (χ1v) is 10.1. The normalized spacial score (nSPS) is 17.2. The molecule has 6 heteroatoms. The highest BCUT2D eigenvalue weighted by atomic mass is 32.1. The summed E-state index contributed by atoms with van der Waals surface area (Å²) in [5, 5.41) is 3.89. The molecule has 0 spiro atoms. The average Bonchev–Trinajstić information content (AvgIpc) is 3.18. The number of rotatable bonds is 3. The molecule has 1 fully saturated rings. The van der Waals surface area contributed by atoms with E-state index >= 15 is 0 Å².